The van der Waals surface area contributed by atoms with Gasteiger partial charge in [0.2, 0.25) is 0 Å². The van der Waals surface area contributed by atoms with Crippen LogP contribution in [0.1, 0.15) is 0 Å². The molecule has 1 aromatic heterocycles. The topological polar surface area (TPSA) is 8.17 Å². The Hall–Kier alpha value is -7.16. The summed E-state index contributed by atoms with van der Waals surface area (Å²) < 4.78 is 2.42. The third-order valence-electron chi connectivity index (χ3n) is 10.6. The van der Waals surface area contributed by atoms with Crippen LogP contribution in [0.5, 0.6) is 0 Å². The highest BCUT2D eigenvalue weighted by molar-refractivity contribution is 6.23. The maximum absolute atomic E-state index is 2.42. The third kappa shape index (κ3) is 5.53. The highest BCUT2D eigenvalue weighted by atomic mass is 15.1. The van der Waals surface area contributed by atoms with Gasteiger partial charge in [0, 0.05) is 33.5 Å². The molecule has 9 aromatic carbocycles. The zero-order chi connectivity index (χ0) is 35.8. The minimum Gasteiger partial charge on any atom is -0.310 e. The van der Waals surface area contributed by atoms with Crippen LogP contribution in [0, 0.1) is 0 Å². The molecule has 54 heavy (non-hydrogen) atoms. The van der Waals surface area contributed by atoms with E-state index in [0.29, 0.717) is 0 Å². The molecule has 0 amide bonds. The summed E-state index contributed by atoms with van der Waals surface area (Å²) in [4.78, 5) is 2.38. The highest BCUT2D eigenvalue weighted by Gasteiger charge is 2.21. The van der Waals surface area contributed by atoms with Crippen molar-refractivity contribution in [3.63, 3.8) is 0 Å². The van der Waals surface area contributed by atoms with Crippen LogP contribution >= 0.6 is 0 Å². The summed E-state index contributed by atoms with van der Waals surface area (Å²) in [7, 11) is 0. The van der Waals surface area contributed by atoms with Gasteiger partial charge in [-0.1, -0.05) is 158 Å². The Balaban J connectivity index is 1.18. The summed E-state index contributed by atoms with van der Waals surface area (Å²) in [5.74, 6) is 0. The quantitative estimate of drug-likeness (QED) is 0.162. The zero-order valence-corrected chi connectivity index (χ0v) is 29.7. The maximum Gasteiger partial charge on any atom is 0.0553 e. The molecule has 254 valence electrons. The molecule has 0 bridgehead atoms. The van der Waals surface area contributed by atoms with E-state index in [9.17, 15) is 0 Å². The molecule has 0 fully saturated rings. The van der Waals surface area contributed by atoms with Crippen molar-refractivity contribution in [3.8, 4) is 39.1 Å². The molecule has 2 heteroatoms. The van der Waals surface area contributed by atoms with Crippen molar-refractivity contribution in [1.29, 1.82) is 0 Å². The highest BCUT2D eigenvalue weighted by Crippen LogP contribution is 2.45. The molecule has 0 aliphatic heterocycles. The van der Waals surface area contributed by atoms with Crippen molar-refractivity contribution < 1.29 is 0 Å². The molecule has 1 heterocycles. The third-order valence-corrected chi connectivity index (χ3v) is 10.6. The first-order valence-electron chi connectivity index (χ1n) is 18.5. The molecule has 0 saturated heterocycles. The number of anilines is 3. The van der Waals surface area contributed by atoms with Gasteiger partial charge < -0.3 is 9.47 Å². The Morgan fingerprint density at radius 1 is 0.315 bits per heavy atom. The molecule has 10 rings (SSSR count). The monoisotopic (exact) mass is 688 g/mol. The zero-order valence-electron chi connectivity index (χ0n) is 29.7. The van der Waals surface area contributed by atoms with E-state index < -0.39 is 0 Å². The Kier molecular flexibility index (Phi) is 7.85. The van der Waals surface area contributed by atoms with E-state index in [2.05, 4.69) is 228 Å². The lowest BCUT2D eigenvalue weighted by Crippen LogP contribution is -2.10. The molecule has 2 nitrogen and oxygen atoms in total. The van der Waals surface area contributed by atoms with Crippen LogP contribution in [0.2, 0.25) is 0 Å². The fraction of sp³-hybridized carbons (Fsp3) is 0. The average Bonchev–Trinajstić information content (AvgIpc) is 3.58. The number of aromatic nitrogens is 1. The van der Waals surface area contributed by atoms with E-state index in [1.54, 1.807) is 0 Å². The normalized spacial score (nSPS) is 11.3. The molecular weight excluding hydrogens is 653 g/mol. The number of hydrogen-bond donors (Lipinski definition) is 0. The molecule has 10 aromatic rings. The number of hydrogen-bond acceptors (Lipinski definition) is 1. The number of nitrogens with zero attached hydrogens (tertiary/aromatic N) is 2. The van der Waals surface area contributed by atoms with Gasteiger partial charge in [0.15, 0.2) is 0 Å². The molecule has 0 aliphatic carbocycles. The molecule has 0 unspecified atom stereocenters. The molecule has 0 N–H and O–H groups in total. The summed E-state index contributed by atoms with van der Waals surface area (Å²) in [5, 5.41) is 4.96. The number of fused-ring (bicyclic) bond motifs is 4. The predicted octanol–water partition coefficient (Wildman–Crippen LogP) is 14.4. The lowest BCUT2D eigenvalue weighted by Gasteiger charge is -2.26. The van der Waals surface area contributed by atoms with Crippen molar-refractivity contribution in [2.24, 2.45) is 0 Å². The van der Waals surface area contributed by atoms with Crippen molar-refractivity contribution in [3.05, 3.63) is 218 Å². The van der Waals surface area contributed by atoms with Crippen LogP contribution in [-0.4, -0.2) is 4.57 Å². The van der Waals surface area contributed by atoms with Crippen molar-refractivity contribution in [1.82, 2.24) is 4.57 Å². The smallest absolute Gasteiger partial charge is 0.0553 e. The number of para-hydroxylation sites is 2. The minimum absolute atomic E-state index is 1.10. The first kappa shape index (κ1) is 31.6. The maximum atomic E-state index is 2.42. The van der Waals surface area contributed by atoms with Gasteiger partial charge in [0.1, 0.15) is 0 Å². The largest absolute Gasteiger partial charge is 0.310 e. The number of benzene rings is 9. The standard InChI is InChI=1S/C52H36N2/c1-4-15-37(16-5-1)39-27-31-44(32-28-39)53(45-33-29-40(30-34-45)38-17-6-2-7-18-38)46-23-14-20-42(35-46)51-47-24-11-10-19-41(47)36-50-52(51)48-25-12-13-26-49(48)54(50)43-21-8-3-9-22-43/h1-36H. The summed E-state index contributed by atoms with van der Waals surface area (Å²) >= 11 is 0. The van der Waals surface area contributed by atoms with Crippen LogP contribution in [0.25, 0.3) is 71.6 Å². The van der Waals surface area contributed by atoms with Gasteiger partial charge in [-0.25, -0.2) is 0 Å². The van der Waals surface area contributed by atoms with E-state index >= 15 is 0 Å². The van der Waals surface area contributed by atoms with Gasteiger partial charge in [0.05, 0.1) is 11.0 Å². The fourth-order valence-electron chi connectivity index (χ4n) is 8.06. The second-order valence-electron chi connectivity index (χ2n) is 13.8. The van der Waals surface area contributed by atoms with Crippen LogP contribution in [-0.2, 0) is 0 Å². The van der Waals surface area contributed by atoms with E-state index in [0.717, 1.165) is 22.7 Å². The molecule has 0 saturated carbocycles. The van der Waals surface area contributed by atoms with Gasteiger partial charge in [-0.15, -0.1) is 0 Å². The van der Waals surface area contributed by atoms with E-state index in [4.69, 9.17) is 0 Å². The van der Waals surface area contributed by atoms with Gasteiger partial charge >= 0.3 is 0 Å². The fourth-order valence-corrected chi connectivity index (χ4v) is 8.06. The second kappa shape index (κ2) is 13.4. The predicted molar refractivity (Wildman–Crippen MR) is 229 cm³/mol. The summed E-state index contributed by atoms with van der Waals surface area (Å²) in [6.45, 7) is 0. The second-order valence-corrected chi connectivity index (χ2v) is 13.8. The Morgan fingerprint density at radius 2 is 0.815 bits per heavy atom. The van der Waals surface area contributed by atoms with Gasteiger partial charge in [-0.3, -0.25) is 0 Å². The lowest BCUT2D eigenvalue weighted by molar-refractivity contribution is 1.18. The van der Waals surface area contributed by atoms with Crippen LogP contribution in [0.4, 0.5) is 17.1 Å². The minimum atomic E-state index is 1.10. The van der Waals surface area contributed by atoms with Crippen LogP contribution in [0.3, 0.4) is 0 Å². The van der Waals surface area contributed by atoms with Gasteiger partial charge in [-0.05, 0) is 105 Å². The van der Waals surface area contributed by atoms with Crippen LogP contribution < -0.4 is 4.90 Å². The van der Waals surface area contributed by atoms with Crippen LogP contribution in [0.15, 0.2) is 218 Å². The SMILES string of the molecule is c1ccc(-c2ccc(N(c3ccc(-c4ccccc4)cc3)c3cccc(-c4c5ccccc5cc5c4c4ccccc4n5-c4ccccc4)c3)cc2)cc1. The Morgan fingerprint density at radius 3 is 1.44 bits per heavy atom. The van der Waals surface area contributed by atoms with E-state index in [-0.39, 0.29) is 0 Å². The van der Waals surface area contributed by atoms with Gasteiger partial charge in [-0.2, -0.15) is 0 Å². The molecule has 0 atom stereocenters. The molecule has 0 aliphatic rings. The number of rotatable bonds is 7. The first-order chi connectivity index (χ1) is 26.8. The Bertz CT molecular complexity index is 2810. The van der Waals surface area contributed by atoms with Crippen molar-refractivity contribution >= 4 is 49.6 Å². The van der Waals surface area contributed by atoms with Crippen molar-refractivity contribution in [2.45, 2.75) is 0 Å². The molecule has 0 radical (unpaired) electrons. The first-order valence-corrected chi connectivity index (χ1v) is 18.5. The van der Waals surface area contributed by atoms with E-state index in [1.165, 1.54) is 66.0 Å². The summed E-state index contributed by atoms with van der Waals surface area (Å²) in [5.41, 5.74) is 14.1. The Labute approximate surface area is 315 Å². The van der Waals surface area contributed by atoms with E-state index in [1.807, 2.05) is 0 Å². The summed E-state index contributed by atoms with van der Waals surface area (Å²) in [6, 6.07) is 78.8. The summed E-state index contributed by atoms with van der Waals surface area (Å²) in [6.07, 6.45) is 0. The average molecular weight is 689 g/mol. The molecular formula is C52H36N2. The van der Waals surface area contributed by atoms with Gasteiger partial charge in [0.25, 0.3) is 0 Å². The van der Waals surface area contributed by atoms with Crippen molar-refractivity contribution in [2.75, 3.05) is 4.90 Å². The molecule has 0 spiro atoms. The lowest BCUT2D eigenvalue weighted by atomic mass is 9.92.